The molecule has 5 nitrogen and oxygen atoms in total. The first-order chi connectivity index (χ1) is 7.60. The van der Waals surface area contributed by atoms with Gasteiger partial charge in [-0.1, -0.05) is 6.92 Å². The Morgan fingerprint density at radius 2 is 2.25 bits per heavy atom. The highest BCUT2D eigenvalue weighted by molar-refractivity contribution is 7.14. The monoisotopic (exact) mass is 241 g/mol. The van der Waals surface area contributed by atoms with Gasteiger partial charge in [0.15, 0.2) is 0 Å². The summed E-state index contributed by atoms with van der Waals surface area (Å²) < 4.78 is 0. The van der Waals surface area contributed by atoms with Crippen LogP contribution in [0.2, 0.25) is 0 Å². The fraction of sp³-hybridized carbons (Fsp3) is 0.400. The number of rotatable bonds is 5. The number of anilines is 1. The molecule has 0 aliphatic heterocycles. The number of nitrogens with one attached hydrogen (secondary N) is 1. The summed E-state index contributed by atoms with van der Waals surface area (Å²) in [5.74, 6) is -0.949. The van der Waals surface area contributed by atoms with E-state index < -0.39 is 5.91 Å². The Kier molecular flexibility index (Phi) is 4.45. The first-order valence-corrected chi connectivity index (χ1v) is 5.86. The van der Waals surface area contributed by atoms with Crippen LogP contribution in [0.1, 0.15) is 23.7 Å². The van der Waals surface area contributed by atoms with Crippen molar-refractivity contribution in [2.45, 2.75) is 13.3 Å². The minimum Gasteiger partial charge on any atom is -0.366 e. The van der Waals surface area contributed by atoms with E-state index in [1.54, 1.807) is 11.4 Å². The van der Waals surface area contributed by atoms with E-state index >= 15 is 0 Å². The number of hydrogen-bond acceptors (Lipinski definition) is 4. The van der Waals surface area contributed by atoms with E-state index in [1.807, 2.05) is 6.92 Å². The average molecular weight is 241 g/mol. The molecule has 0 aliphatic rings. The molecular formula is C10H15N3O2S. The van der Waals surface area contributed by atoms with Crippen LogP contribution in [0, 0.1) is 5.92 Å². The molecule has 1 rings (SSSR count). The minimum absolute atomic E-state index is 0.171. The second-order valence-electron chi connectivity index (χ2n) is 3.36. The Bertz CT molecular complexity index is 385. The molecule has 0 saturated heterocycles. The van der Waals surface area contributed by atoms with Crippen molar-refractivity contribution < 1.29 is 9.59 Å². The molecule has 1 heterocycles. The number of amides is 2. The van der Waals surface area contributed by atoms with Crippen molar-refractivity contribution in [2.75, 3.05) is 11.9 Å². The Labute approximate surface area is 97.8 Å². The van der Waals surface area contributed by atoms with E-state index in [2.05, 4.69) is 5.32 Å². The highest BCUT2D eigenvalue weighted by Gasteiger charge is 2.17. The maximum Gasteiger partial charge on any atom is 0.251 e. The van der Waals surface area contributed by atoms with E-state index in [4.69, 9.17) is 11.5 Å². The van der Waals surface area contributed by atoms with E-state index in [1.165, 1.54) is 11.3 Å². The smallest absolute Gasteiger partial charge is 0.251 e. The lowest BCUT2D eigenvalue weighted by molar-refractivity contribution is -0.119. The fourth-order valence-corrected chi connectivity index (χ4v) is 2.07. The zero-order valence-electron chi connectivity index (χ0n) is 9.03. The third-order valence-corrected chi connectivity index (χ3v) is 3.15. The van der Waals surface area contributed by atoms with Gasteiger partial charge in [-0.2, -0.15) is 0 Å². The summed E-state index contributed by atoms with van der Waals surface area (Å²) in [5, 5.41) is 4.87. The molecule has 0 bridgehead atoms. The number of thiophene rings is 1. The molecule has 0 saturated carbocycles. The predicted octanol–water partition coefficient (Wildman–Crippen LogP) is 0.770. The first-order valence-electron chi connectivity index (χ1n) is 4.98. The molecular weight excluding hydrogens is 226 g/mol. The van der Waals surface area contributed by atoms with Gasteiger partial charge in [-0.05, 0) is 17.9 Å². The van der Waals surface area contributed by atoms with Crippen LogP contribution in [-0.2, 0) is 4.79 Å². The van der Waals surface area contributed by atoms with Crippen molar-refractivity contribution in [1.82, 2.24) is 0 Å². The summed E-state index contributed by atoms with van der Waals surface area (Å²) in [6.07, 6.45) is 0.666. The van der Waals surface area contributed by atoms with Crippen molar-refractivity contribution >= 4 is 28.2 Å². The number of hydrogen-bond donors (Lipinski definition) is 3. The summed E-state index contributed by atoms with van der Waals surface area (Å²) in [6.45, 7) is 2.18. The Hall–Kier alpha value is -1.40. The van der Waals surface area contributed by atoms with Crippen LogP contribution in [0.25, 0.3) is 0 Å². The second kappa shape index (κ2) is 5.62. The molecule has 1 atom stereocenters. The summed E-state index contributed by atoms with van der Waals surface area (Å²) in [5.41, 5.74) is 11.0. The summed E-state index contributed by atoms with van der Waals surface area (Å²) in [6, 6.07) is 1.59. The van der Waals surface area contributed by atoms with Gasteiger partial charge in [0.1, 0.15) is 5.00 Å². The van der Waals surface area contributed by atoms with Gasteiger partial charge in [-0.3, -0.25) is 9.59 Å². The lowest BCUT2D eigenvalue weighted by atomic mass is 10.1. The standard InChI is InChI=1S/C10H15N3O2S/c1-2-6(5-11)9(15)13-10-7(8(12)14)3-4-16-10/h3-4,6H,2,5,11H2,1H3,(H2,12,14)(H,13,15). The SMILES string of the molecule is CCC(CN)C(=O)Nc1sccc1C(N)=O. The van der Waals surface area contributed by atoms with Gasteiger partial charge < -0.3 is 16.8 Å². The Morgan fingerprint density at radius 3 is 2.75 bits per heavy atom. The predicted molar refractivity (Wildman–Crippen MR) is 64.3 cm³/mol. The van der Waals surface area contributed by atoms with Gasteiger partial charge >= 0.3 is 0 Å². The summed E-state index contributed by atoms with van der Waals surface area (Å²) in [4.78, 5) is 22.7. The molecule has 0 aromatic carbocycles. The summed E-state index contributed by atoms with van der Waals surface area (Å²) in [7, 11) is 0. The molecule has 2 amide bonds. The van der Waals surface area contributed by atoms with Gasteiger partial charge in [0.25, 0.3) is 5.91 Å². The fourth-order valence-electron chi connectivity index (χ4n) is 1.27. The normalized spacial score (nSPS) is 12.1. The molecule has 0 radical (unpaired) electrons. The zero-order valence-corrected chi connectivity index (χ0v) is 9.84. The number of carbonyl (C=O) groups is 2. The number of nitrogens with two attached hydrogens (primary N) is 2. The van der Waals surface area contributed by atoms with Crippen molar-refractivity contribution in [1.29, 1.82) is 0 Å². The van der Waals surface area contributed by atoms with E-state index in [-0.39, 0.29) is 11.8 Å². The first kappa shape index (κ1) is 12.7. The quantitative estimate of drug-likeness (QED) is 0.710. The molecule has 0 spiro atoms. The summed E-state index contributed by atoms with van der Waals surface area (Å²) >= 11 is 1.27. The number of carbonyl (C=O) groups excluding carboxylic acids is 2. The maximum atomic E-state index is 11.7. The average Bonchev–Trinajstić information content (AvgIpc) is 2.67. The van der Waals surface area contributed by atoms with Crippen molar-refractivity contribution in [3.05, 3.63) is 17.0 Å². The van der Waals surface area contributed by atoms with Gasteiger partial charge in [0.05, 0.1) is 11.5 Å². The molecule has 16 heavy (non-hydrogen) atoms. The lowest BCUT2D eigenvalue weighted by Crippen LogP contribution is -2.29. The molecule has 1 aromatic heterocycles. The third kappa shape index (κ3) is 2.80. The van der Waals surface area contributed by atoms with Crippen LogP contribution in [0.3, 0.4) is 0 Å². The van der Waals surface area contributed by atoms with Crippen LogP contribution in [0.15, 0.2) is 11.4 Å². The van der Waals surface area contributed by atoms with Crippen molar-refractivity contribution in [2.24, 2.45) is 17.4 Å². The Morgan fingerprint density at radius 1 is 1.56 bits per heavy atom. The molecule has 6 heteroatoms. The van der Waals surface area contributed by atoms with Crippen LogP contribution in [0.4, 0.5) is 5.00 Å². The van der Waals surface area contributed by atoms with Gasteiger partial charge in [-0.15, -0.1) is 11.3 Å². The second-order valence-corrected chi connectivity index (χ2v) is 4.27. The van der Waals surface area contributed by atoms with Crippen LogP contribution < -0.4 is 16.8 Å². The van der Waals surface area contributed by atoms with E-state index in [0.29, 0.717) is 23.5 Å². The molecule has 5 N–H and O–H groups in total. The van der Waals surface area contributed by atoms with Crippen LogP contribution in [-0.4, -0.2) is 18.4 Å². The molecule has 0 aliphatic carbocycles. The van der Waals surface area contributed by atoms with Crippen LogP contribution in [0.5, 0.6) is 0 Å². The van der Waals surface area contributed by atoms with Crippen molar-refractivity contribution in [3.63, 3.8) is 0 Å². The van der Waals surface area contributed by atoms with Gasteiger partial charge in [0.2, 0.25) is 5.91 Å². The lowest BCUT2D eigenvalue weighted by Gasteiger charge is -2.11. The largest absolute Gasteiger partial charge is 0.366 e. The Balaban J connectivity index is 2.76. The zero-order chi connectivity index (χ0) is 12.1. The molecule has 0 fully saturated rings. The number of primary amides is 1. The minimum atomic E-state index is -0.544. The van der Waals surface area contributed by atoms with Crippen LogP contribution >= 0.6 is 11.3 Å². The topological polar surface area (TPSA) is 98.2 Å². The highest BCUT2D eigenvalue weighted by Crippen LogP contribution is 2.23. The maximum absolute atomic E-state index is 11.7. The van der Waals surface area contributed by atoms with Crippen molar-refractivity contribution in [3.8, 4) is 0 Å². The van der Waals surface area contributed by atoms with Gasteiger partial charge in [0, 0.05) is 6.54 Å². The third-order valence-electron chi connectivity index (χ3n) is 2.32. The highest BCUT2D eigenvalue weighted by atomic mass is 32.1. The van der Waals surface area contributed by atoms with E-state index in [9.17, 15) is 9.59 Å². The molecule has 1 aromatic rings. The van der Waals surface area contributed by atoms with E-state index in [0.717, 1.165) is 0 Å². The molecule has 1 unspecified atom stereocenters. The van der Waals surface area contributed by atoms with Gasteiger partial charge in [-0.25, -0.2) is 0 Å². The molecule has 88 valence electrons.